The first-order valence-electron chi connectivity index (χ1n) is 5.80. The van der Waals surface area contributed by atoms with Crippen LogP contribution in [0.1, 0.15) is 13.0 Å². The van der Waals surface area contributed by atoms with Crippen LogP contribution in [-0.4, -0.2) is 17.7 Å². The third kappa shape index (κ3) is 2.71. The molecule has 0 fully saturated rings. The number of hydrogen-bond donors (Lipinski definition) is 1. The summed E-state index contributed by atoms with van der Waals surface area (Å²) in [5.41, 5.74) is 1.19. The molecule has 0 spiro atoms. The molecule has 17 heavy (non-hydrogen) atoms. The third-order valence-electron chi connectivity index (χ3n) is 2.89. The van der Waals surface area contributed by atoms with Crippen LogP contribution in [0.15, 0.2) is 43.1 Å². The molecule has 90 valence electrons. The molecule has 3 heteroatoms. The van der Waals surface area contributed by atoms with E-state index in [0.717, 1.165) is 18.1 Å². The Morgan fingerprint density at radius 3 is 3.06 bits per heavy atom. The van der Waals surface area contributed by atoms with Crippen molar-refractivity contribution in [3.63, 3.8) is 0 Å². The second-order valence-electron chi connectivity index (χ2n) is 4.22. The highest BCUT2D eigenvalue weighted by Crippen LogP contribution is 2.23. The lowest BCUT2D eigenvalue weighted by atomic mass is 10.2. The molecule has 1 aromatic carbocycles. The predicted molar refractivity (Wildman–Crippen MR) is 74.7 cm³/mol. The Balaban J connectivity index is 2.22. The summed E-state index contributed by atoms with van der Waals surface area (Å²) < 4.78 is 2.25. The van der Waals surface area contributed by atoms with Gasteiger partial charge >= 0.3 is 0 Å². The number of fused-ring (bicyclic) bond motifs is 1. The van der Waals surface area contributed by atoms with Crippen molar-refractivity contribution in [1.82, 2.24) is 9.88 Å². The van der Waals surface area contributed by atoms with E-state index >= 15 is 0 Å². The average molecular weight is 249 g/mol. The second kappa shape index (κ2) is 5.39. The van der Waals surface area contributed by atoms with E-state index in [0.29, 0.717) is 6.04 Å². The molecule has 0 aliphatic rings. The average Bonchev–Trinajstić information content (AvgIpc) is 2.72. The van der Waals surface area contributed by atoms with E-state index in [1.807, 2.05) is 18.2 Å². The Kier molecular flexibility index (Phi) is 3.87. The van der Waals surface area contributed by atoms with Gasteiger partial charge in [0.1, 0.15) is 0 Å². The topological polar surface area (TPSA) is 17.0 Å². The highest BCUT2D eigenvalue weighted by atomic mass is 35.5. The molecule has 1 heterocycles. The fourth-order valence-electron chi connectivity index (χ4n) is 2.00. The van der Waals surface area contributed by atoms with Crippen LogP contribution in [0.2, 0.25) is 5.02 Å². The van der Waals surface area contributed by atoms with Crippen LogP contribution in [0.5, 0.6) is 0 Å². The fourth-order valence-corrected chi connectivity index (χ4v) is 2.17. The van der Waals surface area contributed by atoms with Gasteiger partial charge in [-0.2, -0.15) is 0 Å². The van der Waals surface area contributed by atoms with Gasteiger partial charge in [0.15, 0.2) is 0 Å². The number of hydrogen-bond acceptors (Lipinski definition) is 1. The van der Waals surface area contributed by atoms with Crippen molar-refractivity contribution in [3.05, 3.63) is 48.1 Å². The summed E-state index contributed by atoms with van der Waals surface area (Å²) >= 11 is 6.04. The van der Waals surface area contributed by atoms with Crippen LogP contribution >= 0.6 is 11.6 Å². The molecule has 0 saturated carbocycles. The largest absolute Gasteiger partial charge is 0.343 e. The summed E-state index contributed by atoms with van der Waals surface area (Å²) in [6.45, 7) is 7.64. The van der Waals surface area contributed by atoms with Crippen LogP contribution in [0.25, 0.3) is 10.9 Å². The number of halogens is 1. The number of aromatic nitrogens is 1. The Bertz CT molecular complexity index is 516. The summed E-state index contributed by atoms with van der Waals surface area (Å²) in [7, 11) is 0. The normalized spacial score (nSPS) is 12.8. The monoisotopic (exact) mass is 248 g/mol. The van der Waals surface area contributed by atoms with Crippen molar-refractivity contribution >= 4 is 22.5 Å². The maximum atomic E-state index is 6.04. The first-order chi connectivity index (χ1) is 8.22. The molecule has 2 rings (SSSR count). The van der Waals surface area contributed by atoms with Crippen molar-refractivity contribution in [2.24, 2.45) is 0 Å². The maximum Gasteiger partial charge on any atom is 0.0498 e. The summed E-state index contributed by atoms with van der Waals surface area (Å²) in [6, 6.07) is 8.51. The minimum Gasteiger partial charge on any atom is -0.343 e. The second-order valence-corrected chi connectivity index (χ2v) is 4.66. The SMILES string of the molecule is C=CCNCC(C)n1ccc2ccc(Cl)cc21. The summed E-state index contributed by atoms with van der Waals surface area (Å²) in [6.07, 6.45) is 3.98. The van der Waals surface area contributed by atoms with E-state index in [1.165, 1.54) is 10.9 Å². The van der Waals surface area contributed by atoms with Gasteiger partial charge in [0.05, 0.1) is 0 Å². The third-order valence-corrected chi connectivity index (χ3v) is 3.12. The zero-order valence-corrected chi connectivity index (χ0v) is 10.7. The molecule has 2 nitrogen and oxygen atoms in total. The molecule has 0 amide bonds. The van der Waals surface area contributed by atoms with Gasteiger partial charge in [-0.3, -0.25) is 0 Å². The summed E-state index contributed by atoms with van der Waals surface area (Å²) in [4.78, 5) is 0. The van der Waals surface area contributed by atoms with Gasteiger partial charge in [0.25, 0.3) is 0 Å². The number of benzene rings is 1. The molecule has 1 aromatic heterocycles. The molecule has 1 N–H and O–H groups in total. The molecular weight excluding hydrogens is 232 g/mol. The van der Waals surface area contributed by atoms with Crippen molar-refractivity contribution < 1.29 is 0 Å². The van der Waals surface area contributed by atoms with Crippen molar-refractivity contribution in [3.8, 4) is 0 Å². The molecule has 1 atom stereocenters. The Hall–Kier alpha value is -1.25. The Morgan fingerprint density at radius 2 is 2.29 bits per heavy atom. The lowest BCUT2D eigenvalue weighted by Gasteiger charge is -2.15. The van der Waals surface area contributed by atoms with Crippen LogP contribution in [0.3, 0.4) is 0 Å². The van der Waals surface area contributed by atoms with Crippen molar-refractivity contribution in [2.45, 2.75) is 13.0 Å². The number of nitrogens with one attached hydrogen (secondary N) is 1. The minimum atomic E-state index is 0.394. The standard InChI is InChI=1S/C14H17ClN2/c1-3-7-16-10-11(2)17-8-6-12-4-5-13(15)9-14(12)17/h3-6,8-9,11,16H,1,7,10H2,2H3. The zero-order valence-electron chi connectivity index (χ0n) is 9.99. The highest BCUT2D eigenvalue weighted by Gasteiger charge is 2.07. The smallest absolute Gasteiger partial charge is 0.0498 e. The van der Waals surface area contributed by atoms with Crippen LogP contribution in [-0.2, 0) is 0 Å². The van der Waals surface area contributed by atoms with E-state index < -0.39 is 0 Å². The van der Waals surface area contributed by atoms with Gasteiger partial charge in [0.2, 0.25) is 0 Å². The fraction of sp³-hybridized carbons (Fsp3) is 0.286. The predicted octanol–water partition coefficient (Wildman–Crippen LogP) is 3.63. The van der Waals surface area contributed by atoms with Gasteiger partial charge in [-0.15, -0.1) is 6.58 Å². The van der Waals surface area contributed by atoms with Gasteiger partial charge in [-0.25, -0.2) is 0 Å². The van der Waals surface area contributed by atoms with E-state index in [1.54, 1.807) is 0 Å². The van der Waals surface area contributed by atoms with Crippen molar-refractivity contribution in [1.29, 1.82) is 0 Å². The van der Waals surface area contributed by atoms with E-state index in [2.05, 4.69) is 41.7 Å². The van der Waals surface area contributed by atoms with E-state index in [4.69, 9.17) is 11.6 Å². The molecule has 2 aromatic rings. The summed E-state index contributed by atoms with van der Waals surface area (Å²) in [5.74, 6) is 0. The van der Waals surface area contributed by atoms with Gasteiger partial charge in [-0.1, -0.05) is 23.7 Å². The molecule has 0 bridgehead atoms. The lowest BCUT2D eigenvalue weighted by Crippen LogP contribution is -2.23. The van der Waals surface area contributed by atoms with Crippen LogP contribution in [0.4, 0.5) is 0 Å². The number of rotatable bonds is 5. The Morgan fingerprint density at radius 1 is 1.47 bits per heavy atom. The minimum absolute atomic E-state index is 0.394. The molecule has 0 saturated heterocycles. The molecular formula is C14H17ClN2. The molecule has 0 aliphatic carbocycles. The van der Waals surface area contributed by atoms with Crippen LogP contribution in [0, 0.1) is 0 Å². The molecule has 1 unspecified atom stereocenters. The zero-order chi connectivity index (χ0) is 12.3. The summed E-state index contributed by atoms with van der Waals surface area (Å²) in [5, 5.41) is 5.34. The quantitative estimate of drug-likeness (QED) is 0.632. The first kappa shape index (κ1) is 12.2. The van der Waals surface area contributed by atoms with Crippen LogP contribution < -0.4 is 5.32 Å². The molecule has 0 aliphatic heterocycles. The van der Waals surface area contributed by atoms with Gasteiger partial charge < -0.3 is 9.88 Å². The van der Waals surface area contributed by atoms with E-state index in [-0.39, 0.29) is 0 Å². The van der Waals surface area contributed by atoms with Gasteiger partial charge in [0, 0.05) is 35.9 Å². The Labute approximate surface area is 107 Å². The van der Waals surface area contributed by atoms with E-state index in [9.17, 15) is 0 Å². The first-order valence-corrected chi connectivity index (χ1v) is 6.18. The lowest BCUT2D eigenvalue weighted by molar-refractivity contribution is 0.522. The van der Waals surface area contributed by atoms with Gasteiger partial charge in [-0.05, 0) is 30.5 Å². The highest BCUT2D eigenvalue weighted by molar-refractivity contribution is 6.31. The number of nitrogens with zero attached hydrogens (tertiary/aromatic N) is 1. The maximum absolute atomic E-state index is 6.04. The van der Waals surface area contributed by atoms with Crippen molar-refractivity contribution in [2.75, 3.05) is 13.1 Å². The molecule has 0 radical (unpaired) electrons.